The minimum Gasteiger partial charge on any atom is -0.351 e. The number of hydrogen-bond donors (Lipinski definition) is 2. The molecule has 4 aromatic rings. The first kappa shape index (κ1) is 28.4. The van der Waals surface area contributed by atoms with Crippen molar-refractivity contribution >= 4 is 17.2 Å². The number of rotatable bonds is 9. The van der Waals surface area contributed by atoms with Gasteiger partial charge in [0.1, 0.15) is 15.6 Å². The average molecular weight is 554 g/mol. The molecule has 0 spiro atoms. The van der Waals surface area contributed by atoms with Gasteiger partial charge in [-0.2, -0.15) is 13.2 Å². The predicted molar refractivity (Wildman–Crippen MR) is 147 cm³/mol. The second-order valence-electron chi connectivity index (χ2n) is 9.59. The summed E-state index contributed by atoms with van der Waals surface area (Å²) in [6, 6.07) is 15.0. The summed E-state index contributed by atoms with van der Waals surface area (Å²) in [5, 5.41) is 2.64. The molecule has 0 aliphatic rings. The van der Waals surface area contributed by atoms with E-state index in [1.54, 1.807) is 24.5 Å². The molecule has 204 valence electrons. The lowest BCUT2D eigenvalue weighted by atomic mass is 9.78. The first-order valence-corrected chi connectivity index (χ1v) is 13.5. The molecule has 1 atom stereocenters. The van der Waals surface area contributed by atoms with E-state index in [0.717, 1.165) is 16.7 Å². The van der Waals surface area contributed by atoms with E-state index in [1.165, 1.54) is 6.20 Å². The van der Waals surface area contributed by atoms with Crippen LogP contribution in [0.25, 0.3) is 21.8 Å². The second-order valence-corrected chi connectivity index (χ2v) is 10.6. The Morgan fingerprint density at radius 2 is 1.82 bits per heavy atom. The van der Waals surface area contributed by atoms with Crippen molar-refractivity contribution in [3.63, 3.8) is 0 Å². The van der Waals surface area contributed by atoms with E-state index < -0.39 is 28.2 Å². The lowest BCUT2D eigenvalue weighted by Crippen LogP contribution is -2.41. The monoisotopic (exact) mass is 553 g/mol. The zero-order valence-corrected chi connectivity index (χ0v) is 22.7. The Hall–Kier alpha value is -3.63. The summed E-state index contributed by atoms with van der Waals surface area (Å²) in [7, 11) is 0. The fourth-order valence-electron chi connectivity index (χ4n) is 4.47. The average Bonchev–Trinajstić information content (AvgIpc) is 3.40. The number of pyridine rings is 2. The smallest absolute Gasteiger partial charge is 0.351 e. The number of carbonyl (C=O) groups is 1. The van der Waals surface area contributed by atoms with Crippen molar-refractivity contribution < 1.29 is 18.0 Å². The molecule has 0 radical (unpaired) electrons. The van der Waals surface area contributed by atoms with Crippen molar-refractivity contribution in [2.24, 2.45) is 11.7 Å². The molecule has 0 aliphatic heterocycles. The molecule has 0 saturated heterocycles. The van der Waals surface area contributed by atoms with Crippen molar-refractivity contribution in [2.45, 2.75) is 45.3 Å². The third kappa shape index (κ3) is 6.17. The molecule has 10 heteroatoms. The van der Waals surface area contributed by atoms with Crippen LogP contribution in [0.1, 0.15) is 53.7 Å². The Morgan fingerprint density at radius 3 is 2.49 bits per heavy atom. The number of halogens is 3. The molecule has 6 nitrogen and oxygen atoms in total. The molecule has 0 fully saturated rings. The van der Waals surface area contributed by atoms with Crippen LogP contribution in [-0.4, -0.2) is 27.4 Å². The molecule has 0 saturated carbocycles. The summed E-state index contributed by atoms with van der Waals surface area (Å²) in [5.74, 6) is -0.836. The fourth-order valence-corrected chi connectivity index (χ4v) is 5.48. The minimum atomic E-state index is -4.81. The quantitative estimate of drug-likeness (QED) is 0.248. The molecule has 0 aliphatic carbocycles. The topological polar surface area (TPSA) is 93.8 Å². The molecule has 1 unspecified atom stereocenters. The van der Waals surface area contributed by atoms with Crippen molar-refractivity contribution in [3.8, 4) is 21.8 Å². The third-order valence-corrected chi connectivity index (χ3v) is 7.91. The van der Waals surface area contributed by atoms with Gasteiger partial charge in [0.05, 0.1) is 0 Å². The Kier molecular flexibility index (Phi) is 8.46. The first-order chi connectivity index (χ1) is 18.5. The van der Waals surface area contributed by atoms with Gasteiger partial charge in [0.2, 0.25) is 0 Å². The van der Waals surface area contributed by atoms with E-state index in [1.807, 2.05) is 57.2 Å². The molecular formula is C29H30F3N5OS. The van der Waals surface area contributed by atoms with Gasteiger partial charge in [-0.25, -0.2) is 4.98 Å². The normalized spacial score (nSPS) is 13.3. The summed E-state index contributed by atoms with van der Waals surface area (Å²) in [6.07, 6.45) is 1.12. The minimum absolute atomic E-state index is 0.00748. The molecule has 0 bridgehead atoms. The third-order valence-electron chi connectivity index (χ3n) is 6.85. The van der Waals surface area contributed by atoms with Crippen LogP contribution in [-0.2, 0) is 18.1 Å². The number of alkyl halides is 3. The lowest BCUT2D eigenvalue weighted by Gasteiger charge is -2.34. The number of thiazole rings is 1. The van der Waals surface area contributed by atoms with Crippen LogP contribution in [0.2, 0.25) is 0 Å². The highest BCUT2D eigenvalue weighted by Crippen LogP contribution is 2.41. The van der Waals surface area contributed by atoms with Gasteiger partial charge < -0.3 is 11.1 Å². The van der Waals surface area contributed by atoms with E-state index >= 15 is 0 Å². The maximum Gasteiger partial charge on any atom is 0.435 e. The predicted octanol–water partition coefficient (Wildman–Crippen LogP) is 6.48. The van der Waals surface area contributed by atoms with Gasteiger partial charge >= 0.3 is 6.18 Å². The number of hydrogen-bond acceptors (Lipinski definition) is 6. The number of nitrogens with two attached hydrogens (primary N) is 1. The Morgan fingerprint density at radius 1 is 1.08 bits per heavy atom. The molecule has 1 amide bonds. The van der Waals surface area contributed by atoms with Gasteiger partial charge in [-0.15, -0.1) is 11.3 Å². The molecule has 3 aromatic heterocycles. The van der Waals surface area contributed by atoms with Crippen LogP contribution in [0.5, 0.6) is 0 Å². The number of nitrogens with one attached hydrogen (secondary N) is 1. The van der Waals surface area contributed by atoms with Gasteiger partial charge in [0.15, 0.2) is 5.69 Å². The Balaban J connectivity index is 1.58. The van der Waals surface area contributed by atoms with Gasteiger partial charge in [-0.05, 0) is 47.6 Å². The van der Waals surface area contributed by atoms with Crippen LogP contribution in [0, 0.1) is 5.92 Å². The van der Waals surface area contributed by atoms with Crippen molar-refractivity contribution in [2.75, 3.05) is 6.54 Å². The standard InChI is InChI=1S/C29H30F3N5OS/c1-4-28(33,18(2)3)22-11-7-14-35-23(22)27-37-25(29(30,31)32)24(39-27)26(38)36-15-12-19-8-5-9-20(16-19)21-10-6-13-34-17-21/h5-11,13-14,16-18H,4,12,15,33H2,1-3H3,(H,36,38). The number of carbonyl (C=O) groups excluding carboxylic acids is 1. The maximum absolute atomic E-state index is 14.0. The number of aromatic nitrogens is 3. The van der Waals surface area contributed by atoms with Crippen LogP contribution < -0.4 is 11.1 Å². The molecule has 39 heavy (non-hydrogen) atoms. The highest BCUT2D eigenvalue weighted by Gasteiger charge is 2.41. The Labute approximate surface area is 229 Å². The van der Waals surface area contributed by atoms with E-state index in [-0.39, 0.29) is 23.2 Å². The number of benzene rings is 1. The molecule has 4 rings (SSSR count). The Bertz CT molecular complexity index is 1440. The maximum atomic E-state index is 14.0. The first-order valence-electron chi connectivity index (χ1n) is 12.6. The lowest BCUT2D eigenvalue weighted by molar-refractivity contribution is -0.141. The summed E-state index contributed by atoms with van der Waals surface area (Å²) in [4.78, 5) is 24.8. The highest BCUT2D eigenvalue weighted by atomic mass is 32.1. The molecule has 1 aromatic carbocycles. The zero-order valence-electron chi connectivity index (χ0n) is 21.9. The largest absolute Gasteiger partial charge is 0.435 e. The van der Waals surface area contributed by atoms with Gasteiger partial charge in [0, 0.05) is 36.2 Å². The molecule has 3 N–H and O–H groups in total. The summed E-state index contributed by atoms with van der Waals surface area (Å²) in [6.45, 7) is 5.98. The van der Waals surface area contributed by atoms with Crippen LogP contribution in [0.4, 0.5) is 13.2 Å². The van der Waals surface area contributed by atoms with Crippen LogP contribution >= 0.6 is 11.3 Å². The highest BCUT2D eigenvalue weighted by molar-refractivity contribution is 7.17. The second kappa shape index (κ2) is 11.6. The summed E-state index contributed by atoms with van der Waals surface area (Å²) in [5.41, 5.74) is 8.36. The van der Waals surface area contributed by atoms with Crippen LogP contribution in [0.15, 0.2) is 67.1 Å². The SMILES string of the molecule is CCC(N)(c1cccnc1-c1nc(C(F)(F)F)c(C(=O)NCCc2cccc(-c3cccnc3)c2)s1)C(C)C. The molecule has 3 heterocycles. The van der Waals surface area contributed by atoms with Gasteiger partial charge in [0.25, 0.3) is 5.91 Å². The van der Waals surface area contributed by atoms with Gasteiger partial charge in [-0.3, -0.25) is 14.8 Å². The van der Waals surface area contributed by atoms with Gasteiger partial charge in [-0.1, -0.05) is 57.2 Å². The molecular weight excluding hydrogens is 523 g/mol. The van der Waals surface area contributed by atoms with Crippen LogP contribution in [0.3, 0.4) is 0 Å². The summed E-state index contributed by atoms with van der Waals surface area (Å²) < 4.78 is 41.9. The number of amides is 1. The van der Waals surface area contributed by atoms with E-state index in [0.29, 0.717) is 29.7 Å². The zero-order chi connectivity index (χ0) is 28.2. The van der Waals surface area contributed by atoms with Crippen molar-refractivity contribution in [3.05, 3.63) is 88.8 Å². The van der Waals surface area contributed by atoms with Crippen molar-refractivity contribution in [1.29, 1.82) is 0 Å². The van der Waals surface area contributed by atoms with Crippen molar-refractivity contribution in [1.82, 2.24) is 20.3 Å². The summed E-state index contributed by atoms with van der Waals surface area (Å²) >= 11 is 0.678. The van der Waals surface area contributed by atoms with E-state index in [2.05, 4.69) is 20.3 Å². The fraction of sp³-hybridized carbons (Fsp3) is 0.310. The van der Waals surface area contributed by atoms with E-state index in [9.17, 15) is 18.0 Å². The van der Waals surface area contributed by atoms with E-state index in [4.69, 9.17) is 5.73 Å². The number of nitrogens with zero attached hydrogens (tertiary/aromatic N) is 3.